The van der Waals surface area contributed by atoms with Gasteiger partial charge in [0.1, 0.15) is 0 Å². The Bertz CT molecular complexity index is 405. The minimum absolute atomic E-state index is 0.130. The second kappa shape index (κ2) is 4.82. The first-order chi connectivity index (χ1) is 7.74. The fourth-order valence-electron chi connectivity index (χ4n) is 1.22. The first-order valence-electron chi connectivity index (χ1n) is 4.49. The van der Waals surface area contributed by atoms with Crippen molar-refractivity contribution in [3.05, 3.63) is 22.9 Å². The van der Waals surface area contributed by atoms with E-state index >= 15 is 0 Å². The van der Waals surface area contributed by atoms with Crippen molar-refractivity contribution < 1.29 is 26.7 Å². The fraction of sp³-hybridized carbons (Fsp3) is 0.444. The lowest BCUT2D eigenvalue weighted by Crippen LogP contribution is -2.20. The van der Waals surface area contributed by atoms with Crippen molar-refractivity contribution >= 4 is 0 Å². The van der Waals surface area contributed by atoms with E-state index in [1.165, 1.54) is 6.92 Å². The van der Waals surface area contributed by atoms with Crippen molar-refractivity contribution in [1.29, 1.82) is 0 Å². The topological polar surface area (TPSA) is 48.1 Å². The van der Waals surface area contributed by atoms with Crippen LogP contribution in [-0.2, 0) is 6.54 Å². The van der Waals surface area contributed by atoms with Gasteiger partial charge in [0.05, 0.1) is 5.69 Å². The minimum atomic E-state index is -4.92. The second-order valence-corrected chi connectivity index (χ2v) is 3.20. The number of alkyl halides is 5. The highest BCUT2D eigenvalue weighted by Gasteiger charge is 2.33. The molecule has 1 heterocycles. The average Bonchev–Trinajstić information content (AvgIpc) is 2.18. The van der Waals surface area contributed by atoms with Crippen LogP contribution in [0.1, 0.15) is 23.2 Å². The Labute approximate surface area is 93.4 Å². The predicted octanol–water partition coefficient (Wildman–Crippen LogP) is 2.68. The number of rotatable bonds is 3. The van der Waals surface area contributed by atoms with Crippen molar-refractivity contribution in [2.75, 3.05) is 0 Å². The van der Waals surface area contributed by atoms with Gasteiger partial charge in [-0.05, 0) is 13.0 Å². The highest BCUT2D eigenvalue weighted by Crippen LogP contribution is 2.29. The SMILES string of the molecule is Cc1cc(C(F)F)c(CN)nc1OC(F)(F)F. The molecule has 0 fully saturated rings. The monoisotopic (exact) mass is 256 g/mol. The summed E-state index contributed by atoms with van der Waals surface area (Å²) < 4.78 is 64.5. The standard InChI is InChI=1S/C9H9F5N2O/c1-4-2-5(7(10)11)6(3-15)16-8(4)17-9(12,13)14/h2,7H,3,15H2,1H3. The van der Waals surface area contributed by atoms with Gasteiger partial charge in [0.25, 0.3) is 6.43 Å². The molecule has 1 aromatic heterocycles. The molecule has 2 N–H and O–H groups in total. The Balaban J connectivity index is 3.18. The van der Waals surface area contributed by atoms with E-state index in [-0.39, 0.29) is 11.3 Å². The zero-order valence-corrected chi connectivity index (χ0v) is 8.68. The van der Waals surface area contributed by atoms with Gasteiger partial charge in [0.15, 0.2) is 0 Å². The number of ether oxygens (including phenoxy) is 1. The van der Waals surface area contributed by atoms with E-state index in [2.05, 4.69) is 9.72 Å². The third-order valence-electron chi connectivity index (χ3n) is 1.92. The first kappa shape index (κ1) is 13.6. The Morgan fingerprint density at radius 2 is 2.00 bits per heavy atom. The predicted molar refractivity (Wildman–Crippen MR) is 48.5 cm³/mol. The van der Waals surface area contributed by atoms with Gasteiger partial charge >= 0.3 is 6.36 Å². The van der Waals surface area contributed by atoms with E-state index < -0.39 is 30.8 Å². The molecule has 0 bridgehead atoms. The number of aromatic nitrogens is 1. The molecule has 1 aromatic rings. The lowest BCUT2D eigenvalue weighted by atomic mass is 10.1. The van der Waals surface area contributed by atoms with E-state index in [1.54, 1.807) is 0 Å². The van der Waals surface area contributed by atoms with Gasteiger partial charge < -0.3 is 10.5 Å². The molecule has 0 saturated carbocycles. The van der Waals surface area contributed by atoms with Crippen LogP contribution in [0.15, 0.2) is 6.07 Å². The summed E-state index contributed by atoms with van der Waals surface area (Å²) in [7, 11) is 0. The molecule has 0 amide bonds. The molecule has 96 valence electrons. The van der Waals surface area contributed by atoms with Crippen molar-refractivity contribution in [1.82, 2.24) is 4.98 Å². The van der Waals surface area contributed by atoms with Gasteiger partial charge in [-0.3, -0.25) is 0 Å². The molecular weight excluding hydrogens is 247 g/mol. The number of nitrogens with zero attached hydrogens (tertiary/aromatic N) is 1. The quantitative estimate of drug-likeness (QED) is 0.846. The largest absolute Gasteiger partial charge is 0.574 e. The average molecular weight is 256 g/mol. The van der Waals surface area contributed by atoms with Crippen LogP contribution in [0.5, 0.6) is 5.88 Å². The molecule has 0 aliphatic rings. The maximum absolute atomic E-state index is 12.5. The zero-order chi connectivity index (χ0) is 13.2. The van der Waals surface area contributed by atoms with Gasteiger partial charge in [0.2, 0.25) is 5.88 Å². The molecule has 0 aromatic carbocycles. The summed E-state index contributed by atoms with van der Waals surface area (Å²) in [5, 5.41) is 0. The van der Waals surface area contributed by atoms with Crippen LogP contribution < -0.4 is 10.5 Å². The van der Waals surface area contributed by atoms with Crippen LogP contribution in [0.3, 0.4) is 0 Å². The maximum atomic E-state index is 12.5. The van der Waals surface area contributed by atoms with Gasteiger partial charge in [-0.2, -0.15) is 0 Å². The van der Waals surface area contributed by atoms with Crippen molar-refractivity contribution in [2.45, 2.75) is 26.3 Å². The van der Waals surface area contributed by atoms with Crippen LogP contribution in [-0.4, -0.2) is 11.3 Å². The van der Waals surface area contributed by atoms with Crippen LogP contribution in [0.4, 0.5) is 22.0 Å². The van der Waals surface area contributed by atoms with E-state index in [0.717, 1.165) is 6.07 Å². The van der Waals surface area contributed by atoms with E-state index in [9.17, 15) is 22.0 Å². The maximum Gasteiger partial charge on any atom is 0.574 e. The number of hydrogen-bond acceptors (Lipinski definition) is 3. The summed E-state index contributed by atoms with van der Waals surface area (Å²) >= 11 is 0. The summed E-state index contributed by atoms with van der Waals surface area (Å²) in [6, 6.07) is 0.890. The molecule has 8 heteroatoms. The van der Waals surface area contributed by atoms with Gasteiger partial charge in [-0.1, -0.05) is 0 Å². The molecule has 0 aliphatic heterocycles. The molecule has 3 nitrogen and oxygen atoms in total. The van der Waals surface area contributed by atoms with Crippen molar-refractivity contribution in [2.24, 2.45) is 5.73 Å². The molecule has 0 aliphatic carbocycles. The Hall–Kier alpha value is -1.44. The smallest absolute Gasteiger partial charge is 0.388 e. The normalized spacial score (nSPS) is 12.0. The van der Waals surface area contributed by atoms with Gasteiger partial charge in [0, 0.05) is 17.7 Å². The second-order valence-electron chi connectivity index (χ2n) is 3.20. The Morgan fingerprint density at radius 1 is 1.41 bits per heavy atom. The van der Waals surface area contributed by atoms with Crippen molar-refractivity contribution in [3.8, 4) is 5.88 Å². The molecule has 17 heavy (non-hydrogen) atoms. The molecule has 0 radical (unpaired) electrons. The molecule has 0 saturated heterocycles. The highest BCUT2D eigenvalue weighted by atomic mass is 19.4. The molecule has 0 unspecified atom stereocenters. The van der Waals surface area contributed by atoms with Crippen LogP contribution in [0.2, 0.25) is 0 Å². The lowest BCUT2D eigenvalue weighted by Gasteiger charge is -2.14. The number of hydrogen-bond donors (Lipinski definition) is 1. The summed E-state index contributed by atoms with van der Waals surface area (Å²) in [5.41, 5.74) is 4.21. The first-order valence-corrected chi connectivity index (χ1v) is 4.49. The Kier molecular flexibility index (Phi) is 3.87. The zero-order valence-electron chi connectivity index (χ0n) is 8.68. The van der Waals surface area contributed by atoms with E-state index in [0.29, 0.717) is 0 Å². The molecule has 0 spiro atoms. The molecule has 1 rings (SSSR count). The summed E-state index contributed by atoms with van der Waals surface area (Å²) in [5.74, 6) is -0.762. The van der Waals surface area contributed by atoms with E-state index in [1.807, 2.05) is 0 Å². The third-order valence-corrected chi connectivity index (χ3v) is 1.92. The number of halogens is 5. The number of nitrogens with two attached hydrogens (primary N) is 1. The van der Waals surface area contributed by atoms with Gasteiger partial charge in [-0.25, -0.2) is 13.8 Å². The summed E-state index contributed by atoms with van der Waals surface area (Å²) in [6.45, 7) is 0.800. The minimum Gasteiger partial charge on any atom is -0.388 e. The van der Waals surface area contributed by atoms with Crippen LogP contribution in [0, 0.1) is 6.92 Å². The molecule has 0 atom stereocenters. The van der Waals surface area contributed by atoms with Crippen LogP contribution in [0.25, 0.3) is 0 Å². The third kappa shape index (κ3) is 3.52. The summed E-state index contributed by atoms with van der Waals surface area (Å²) in [4.78, 5) is 3.35. The molecular formula is C9H9F5N2O. The van der Waals surface area contributed by atoms with Crippen molar-refractivity contribution in [3.63, 3.8) is 0 Å². The van der Waals surface area contributed by atoms with E-state index in [4.69, 9.17) is 5.73 Å². The lowest BCUT2D eigenvalue weighted by molar-refractivity contribution is -0.276. The summed E-state index contributed by atoms with van der Waals surface area (Å²) in [6.07, 6.45) is -7.77. The van der Waals surface area contributed by atoms with Crippen LogP contribution >= 0.6 is 0 Å². The highest BCUT2D eigenvalue weighted by molar-refractivity contribution is 5.34. The fourth-order valence-corrected chi connectivity index (χ4v) is 1.22. The number of pyridine rings is 1. The Morgan fingerprint density at radius 3 is 2.41 bits per heavy atom. The van der Waals surface area contributed by atoms with Gasteiger partial charge in [-0.15, -0.1) is 13.2 Å². The number of aryl methyl sites for hydroxylation is 1.